The lowest BCUT2D eigenvalue weighted by Crippen LogP contribution is -2.21. The Morgan fingerprint density at radius 3 is 2.00 bits per heavy atom. The molecule has 0 spiro atoms. The third kappa shape index (κ3) is 3.64. The van der Waals surface area contributed by atoms with Crippen LogP contribution in [0.25, 0.3) is 0 Å². The molecule has 0 amide bonds. The van der Waals surface area contributed by atoms with Crippen LogP contribution in [0, 0.1) is 0 Å². The number of aliphatic imine (C=N–C) groups is 1. The maximum Gasteiger partial charge on any atom is 0.432 e. The molecule has 64 valence electrons. The summed E-state index contributed by atoms with van der Waals surface area (Å²) in [5.74, 6) is 0. The largest absolute Gasteiger partial charge is 0.432 e. The second kappa shape index (κ2) is 3.41. The topological polar surface area (TPSA) is 38.4 Å². The standard InChI is InChI=1S/C6H9F3N2/c1-4(10)3-5(11-2)6(7,8)9/h3H,10H2,1-2H3. The van der Waals surface area contributed by atoms with Crippen LogP contribution in [0.1, 0.15) is 6.92 Å². The van der Waals surface area contributed by atoms with Crippen LogP contribution in [0.2, 0.25) is 0 Å². The monoisotopic (exact) mass is 166 g/mol. The normalized spacial score (nSPS) is 15.4. The summed E-state index contributed by atoms with van der Waals surface area (Å²) in [5.41, 5.74) is 4.17. The fraction of sp³-hybridized carbons (Fsp3) is 0.500. The van der Waals surface area contributed by atoms with Crippen LogP contribution in [0.15, 0.2) is 16.8 Å². The average molecular weight is 166 g/mol. The molecule has 2 N–H and O–H groups in total. The lowest BCUT2D eigenvalue weighted by Gasteiger charge is -2.04. The Hall–Kier alpha value is -1.00. The Morgan fingerprint density at radius 2 is 1.91 bits per heavy atom. The highest BCUT2D eigenvalue weighted by atomic mass is 19.4. The fourth-order valence-electron chi connectivity index (χ4n) is 0.489. The number of nitrogens with two attached hydrogens (primary N) is 1. The Labute approximate surface area is 62.6 Å². The predicted molar refractivity (Wildman–Crippen MR) is 37.4 cm³/mol. The van der Waals surface area contributed by atoms with Gasteiger partial charge in [0.2, 0.25) is 0 Å². The molecule has 0 fully saturated rings. The lowest BCUT2D eigenvalue weighted by atomic mass is 10.3. The van der Waals surface area contributed by atoms with Crippen LogP contribution in [0.3, 0.4) is 0 Å². The molecule has 0 bridgehead atoms. The van der Waals surface area contributed by atoms with E-state index in [9.17, 15) is 13.2 Å². The molecule has 0 rings (SSSR count). The smallest absolute Gasteiger partial charge is 0.402 e. The van der Waals surface area contributed by atoms with Gasteiger partial charge in [0.05, 0.1) is 0 Å². The van der Waals surface area contributed by atoms with Crippen molar-refractivity contribution in [2.75, 3.05) is 7.05 Å². The third-order valence-electron chi connectivity index (χ3n) is 0.896. The van der Waals surface area contributed by atoms with E-state index in [4.69, 9.17) is 5.73 Å². The summed E-state index contributed by atoms with van der Waals surface area (Å²) >= 11 is 0. The Kier molecular flexibility index (Phi) is 3.10. The van der Waals surface area contributed by atoms with E-state index in [1.807, 2.05) is 0 Å². The molecule has 2 nitrogen and oxygen atoms in total. The van der Waals surface area contributed by atoms with Crippen molar-refractivity contribution < 1.29 is 13.2 Å². The average Bonchev–Trinajstić information content (AvgIpc) is 1.79. The minimum absolute atomic E-state index is 0.0860. The molecule has 0 saturated heterocycles. The first-order valence-electron chi connectivity index (χ1n) is 2.85. The van der Waals surface area contributed by atoms with Crippen LogP contribution in [0.4, 0.5) is 13.2 Å². The molecule has 0 unspecified atom stereocenters. The first kappa shape index (κ1) is 10.0. The number of alkyl halides is 3. The van der Waals surface area contributed by atoms with E-state index < -0.39 is 11.9 Å². The van der Waals surface area contributed by atoms with Gasteiger partial charge in [-0.15, -0.1) is 0 Å². The van der Waals surface area contributed by atoms with Gasteiger partial charge in [-0.25, -0.2) is 0 Å². The van der Waals surface area contributed by atoms with Gasteiger partial charge in [-0.1, -0.05) is 0 Å². The Balaban J connectivity index is 4.60. The maximum absolute atomic E-state index is 11.8. The molecular weight excluding hydrogens is 157 g/mol. The van der Waals surface area contributed by atoms with Gasteiger partial charge in [-0.2, -0.15) is 13.2 Å². The molecule has 0 radical (unpaired) electrons. The quantitative estimate of drug-likeness (QED) is 0.589. The van der Waals surface area contributed by atoms with Crippen molar-refractivity contribution in [3.05, 3.63) is 11.8 Å². The first-order chi connectivity index (χ1) is 4.88. The molecule has 0 aliphatic rings. The first-order valence-corrected chi connectivity index (χ1v) is 2.85. The van der Waals surface area contributed by atoms with Crippen molar-refractivity contribution in [2.45, 2.75) is 13.1 Å². The molecule has 5 heteroatoms. The van der Waals surface area contributed by atoms with Gasteiger partial charge in [0, 0.05) is 12.7 Å². The number of halogens is 3. The molecule has 0 aromatic rings. The summed E-state index contributed by atoms with van der Waals surface area (Å²) < 4.78 is 35.5. The minimum atomic E-state index is -4.41. The van der Waals surface area contributed by atoms with Gasteiger partial charge in [-0.3, -0.25) is 4.99 Å². The number of hydrogen-bond donors (Lipinski definition) is 1. The zero-order valence-electron chi connectivity index (χ0n) is 6.24. The highest BCUT2D eigenvalue weighted by Crippen LogP contribution is 2.18. The van der Waals surface area contributed by atoms with Crippen LogP contribution >= 0.6 is 0 Å². The minimum Gasteiger partial charge on any atom is -0.402 e. The van der Waals surface area contributed by atoms with Gasteiger partial charge in [0.1, 0.15) is 5.71 Å². The SMILES string of the molecule is CN=C(C=C(C)N)C(F)(F)F. The van der Waals surface area contributed by atoms with Crippen molar-refractivity contribution in [2.24, 2.45) is 10.7 Å². The molecule has 0 saturated carbocycles. The number of rotatable bonds is 1. The van der Waals surface area contributed by atoms with E-state index in [1.54, 1.807) is 0 Å². The number of nitrogens with zero attached hydrogens (tertiary/aromatic N) is 1. The highest BCUT2D eigenvalue weighted by Gasteiger charge is 2.33. The van der Waals surface area contributed by atoms with Crippen LogP contribution < -0.4 is 5.73 Å². The summed E-state index contributed by atoms with van der Waals surface area (Å²) in [6.45, 7) is 1.37. The molecule has 11 heavy (non-hydrogen) atoms. The van der Waals surface area contributed by atoms with E-state index in [2.05, 4.69) is 4.99 Å². The maximum atomic E-state index is 11.8. The molecule has 0 aromatic carbocycles. The van der Waals surface area contributed by atoms with E-state index in [0.29, 0.717) is 0 Å². The van der Waals surface area contributed by atoms with E-state index in [-0.39, 0.29) is 5.70 Å². The Morgan fingerprint density at radius 1 is 1.45 bits per heavy atom. The zero-order chi connectivity index (χ0) is 9.07. The third-order valence-corrected chi connectivity index (χ3v) is 0.896. The number of allylic oxidation sites excluding steroid dienone is 2. The second-order valence-corrected chi connectivity index (χ2v) is 1.99. The zero-order valence-corrected chi connectivity index (χ0v) is 6.24. The van der Waals surface area contributed by atoms with Crippen LogP contribution in [-0.2, 0) is 0 Å². The Bertz CT molecular complexity index is 186. The van der Waals surface area contributed by atoms with Gasteiger partial charge in [0.25, 0.3) is 0 Å². The summed E-state index contributed by atoms with van der Waals surface area (Å²) in [7, 11) is 1.07. The molecule has 0 aliphatic heterocycles. The van der Waals surface area contributed by atoms with E-state index in [1.165, 1.54) is 6.92 Å². The molecule has 0 aromatic heterocycles. The van der Waals surface area contributed by atoms with Gasteiger partial charge < -0.3 is 5.73 Å². The predicted octanol–water partition coefficient (Wildman–Crippen LogP) is 1.48. The van der Waals surface area contributed by atoms with E-state index in [0.717, 1.165) is 13.1 Å². The summed E-state index contributed by atoms with van der Waals surface area (Å²) in [5, 5.41) is 0. The van der Waals surface area contributed by atoms with Crippen LogP contribution in [-0.4, -0.2) is 18.9 Å². The summed E-state index contributed by atoms with van der Waals surface area (Å²) in [6.07, 6.45) is -3.62. The van der Waals surface area contributed by atoms with Gasteiger partial charge in [-0.05, 0) is 13.0 Å². The number of hydrogen-bond acceptors (Lipinski definition) is 2. The van der Waals surface area contributed by atoms with Crippen molar-refractivity contribution in [3.8, 4) is 0 Å². The molecule has 0 aliphatic carbocycles. The second-order valence-electron chi connectivity index (χ2n) is 1.99. The van der Waals surface area contributed by atoms with Crippen molar-refractivity contribution in [1.82, 2.24) is 0 Å². The van der Waals surface area contributed by atoms with Crippen LogP contribution in [0.5, 0.6) is 0 Å². The van der Waals surface area contributed by atoms with Crippen molar-refractivity contribution >= 4 is 5.71 Å². The lowest BCUT2D eigenvalue weighted by molar-refractivity contribution is -0.0577. The van der Waals surface area contributed by atoms with Gasteiger partial charge in [0.15, 0.2) is 0 Å². The molecule has 0 atom stereocenters. The summed E-state index contributed by atoms with van der Waals surface area (Å²) in [4.78, 5) is 3.03. The van der Waals surface area contributed by atoms with Gasteiger partial charge >= 0.3 is 6.18 Å². The van der Waals surface area contributed by atoms with Crippen molar-refractivity contribution in [3.63, 3.8) is 0 Å². The molecule has 0 heterocycles. The van der Waals surface area contributed by atoms with Crippen molar-refractivity contribution in [1.29, 1.82) is 0 Å². The summed E-state index contributed by atoms with van der Waals surface area (Å²) in [6, 6.07) is 0. The molecular formula is C6H9F3N2. The fourth-order valence-corrected chi connectivity index (χ4v) is 0.489. The van der Waals surface area contributed by atoms with E-state index >= 15 is 0 Å². The highest BCUT2D eigenvalue weighted by molar-refractivity contribution is 5.99.